The highest BCUT2D eigenvalue weighted by Crippen LogP contribution is 2.23. The Balaban J connectivity index is 1.87. The molecule has 1 N–H and O–H groups in total. The molecule has 7 heteroatoms. The number of carbonyl (C=O) groups excluding carboxylic acids is 3. The molecule has 2 aromatic rings. The predicted octanol–water partition coefficient (Wildman–Crippen LogP) is 4.78. The molecule has 2 rings (SSSR count). The lowest BCUT2D eigenvalue weighted by molar-refractivity contribution is -0.136. The molecular formula is C20H17Cl2NO4. The first kappa shape index (κ1) is 20.7. The molecule has 0 aliphatic heterocycles. The van der Waals surface area contributed by atoms with E-state index in [0.717, 1.165) is 0 Å². The molecule has 0 saturated heterocycles. The second-order valence-corrected chi connectivity index (χ2v) is 6.33. The molecule has 27 heavy (non-hydrogen) atoms. The van der Waals surface area contributed by atoms with E-state index in [1.807, 2.05) is 0 Å². The van der Waals surface area contributed by atoms with Gasteiger partial charge in [-0.1, -0.05) is 36.2 Å². The van der Waals surface area contributed by atoms with Gasteiger partial charge in [-0.2, -0.15) is 0 Å². The number of halogens is 2. The van der Waals surface area contributed by atoms with Gasteiger partial charge in [0.2, 0.25) is 5.91 Å². The molecule has 0 bridgehead atoms. The maximum Gasteiger partial charge on any atom is 0.331 e. The van der Waals surface area contributed by atoms with Crippen LogP contribution in [0.3, 0.4) is 0 Å². The second-order valence-electron chi connectivity index (χ2n) is 5.52. The molecule has 2 aromatic carbocycles. The predicted molar refractivity (Wildman–Crippen MR) is 106 cm³/mol. The number of nitrogens with one attached hydrogen (secondary N) is 1. The summed E-state index contributed by atoms with van der Waals surface area (Å²) in [5, 5.41) is 3.48. The first-order chi connectivity index (χ1) is 12.9. The normalized spacial score (nSPS) is 10.6. The second kappa shape index (κ2) is 9.90. The Labute approximate surface area is 166 Å². The summed E-state index contributed by atoms with van der Waals surface area (Å²) in [7, 11) is 0. The maximum absolute atomic E-state index is 12.1. The van der Waals surface area contributed by atoms with Gasteiger partial charge in [0.05, 0.1) is 10.0 Å². The van der Waals surface area contributed by atoms with Crippen LogP contribution in [0, 0.1) is 0 Å². The van der Waals surface area contributed by atoms with Crippen molar-refractivity contribution in [1.82, 2.24) is 0 Å². The molecule has 0 unspecified atom stereocenters. The molecular weight excluding hydrogens is 389 g/mol. The summed E-state index contributed by atoms with van der Waals surface area (Å²) < 4.78 is 4.94. The van der Waals surface area contributed by atoms with Crippen LogP contribution in [0.5, 0.6) is 0 Å². The fourth-order valence-corrected chi connectivity index (χ4v) is 2.34. The van der Waals surface area contributed by atoms with E-state index in [9.17, 15) is 14.4 Å². The standard InChI is InChI=1S/C20H17Cl2NO4/c1-2-19(25)23-15-7-5-14(6-8-15)18(24)12-27-20(26)10-4-13-3-9-16(21)17(22)11-13/h3-11H,2,12H2,1H3,(H,23,25)/b10-4+. The number of hydrogen-bond acceptors (Lipinski definition) is 4. The molecule has 1 amide bonds. The van der Waals surface area contributed by atoms with Crippen molar-refractivity contribution >= 4 is 52.6 Å². The van der Waals surface area contributed by atoms with Crippen molar-refractivity contribution in [2.75, 3.05) is 11.9 Å². The Morgan fingerprint density at radius 3 is 2.37 bits per heavy atom. The Bertz CT molecular complexity index is 876. The van der Waals surface area contributed by atoms with Crippen molar-refractivity contribution in [1.29, 1.82) is 0 Å². The number of anilines is 1. The minimum atomic E-state index is -0.652. The zero-order chi connectivity index (χ0) is 19.8. The zero-order valence-electron chi connectivity index (χ0n) is 14.5. The highest BCUT2D eigenvalue weighted by Gasteiger charge is 2.09. The number of benzene rings is 2. The summed E-state index contributed by atoms with van der Waals surface area (Å²) in [6.07, 6.45) is 3.09. The van der Waals surface area contributed by atoms with Gasteiger partial charge in [-0.15, -0.1) is 0 Å². The van der Waals surface area contributed by atoms with Gasteiger partial charge < -0.3 is 10.1 Å². The molecule has 0 aliphatic carbocycles. The fourth-order valence-electron chi connectivity index (χ4n) is 2.04. The number of rotatable bonds is 7. The van der Waals surface area contributed by atoms with Crippen LogP contribution >= 0.6 is 23.2 Å². The summed E-state index contributed by atoms with van der Waals surface area (Å²) in [6, 6.07) is 11.3. The summed E-state index contributed by atoms with van der Waals surface area (Å²) in [5.74, 6) is -1.11. The molecule has 0 aromatic heterocycles. The van der Waals surface area contributed by atoms with E-state index >= 15 is 0 Å². The van der Waals surface area contributed by atoms with E-state index in [4.69, 9.17) is 27.9 Å². The lowest BCUT2D eigenvalue weighted by atomic mass is 10.1. The SMILES string of the molecule is CCC(=O)Nc1ccc(C(=O)COC(=O)/C=C/c2ccc(Cl)c(Cl)c2)cc1. The van der Waals surface area contributed by atoms with Crippen molar-refractivity contribution < 1.29 is 19.1 Å². The molecule has 0 spiro atoms. The average molecular weight is 406 g/mol. The van der Waals surface area contributed by atoms with E-state index in [0.29, 0.717) is 33.3 Å². The van der Waals surface area contributed by atoms with Crippen LogP contribution in [0.25, 0.3) is 6.08 Å². The lowest BCUT2D eigenvalue weighted by Gasteiger charge is -2.05. The number of amides is 1. The number of Topliss-reactive ketones (excluding diaryl/α,β-unsaturated/α-hetero) is 1. The van der Waals surface area contributed by atoms with Gasteiger partial charge in [0.1, 0.15) is 0 Å². The first-order valence-electron chi connectivity index (χ1n) is 8.12. The van der Waals surface area contributed by atoms with Crippen LogP contribution < -0.4 is 5.32 Å². The van der Waals surface area contributed by atoms with Crippen LogP contribution in [-0.4, -0.2) is 24.3 Å². The van der Waals surface area contributed by atoms with Crippen LogP contribution in [0.15, 0.2) is 48.5 Å². The quantitative estimate of drug-likeness (QED) is 0.408. The van der Waals surface area contributed by atoms with Crippen molar-refractivity contribution in [2.24, 2.45) is 0 Å². The Hall–Kier alpha value is -2.63. The Morgan fingerprint density at radius 2 is 1.74 bits per heavy atom. The van der Waals surface area contributed by atoms with Crippen LogP contribution in [0.4, 0.5) is 5.69 Å². The van der Waals surface area contributed by atoms with Crippen LogP contribution in [0.1, 0.15) is 29.3 Å². The van der Waals surface area contributed by atoms with Crippen molar-refractivity contribution in [2.45, 2.75) is 13.3 Å². The van der Waals surface area contributed by atoms with Gasteiger partial charge >= 0.3 is 5.97 Å². The van der Waals surface area contributed by atoms with Crippen molar-refractivity contribution in [3.05, 3.63) is 69.7 Å². The van der Waals surface area contributed by atoms with Gasteiger partial charge in [-0.05, 0) is 48.0 Å². The highest BCUT2D eigenvalue weighted by molar-refractivity contribution is 6.42. The van der Waals surface area contributed by atoms with Crippen LogP contribution in [-0.2, 0) is 14.3 Å². The number of hydrogen-bond donors (Lipinski definition) is 1. The molecule has 0 atom stereocenters. The average Bonchev–Trinajstić information content (AvgIpc) is 2.67. The topological polar surface area (TPSA) is 72.5 Å². The smallest absolute Gasteiger partial charge is 0.331 e. The summed E-state index contributed by atoms with van der Waals surface area (Å²) in [5.41, 5.74) is 1.66. The lowest BCUT2D eigenvalue weighted by Crippen LogP contribution is -2.13. The van der Waals surface area contributed by atoms with E-state index in [1.54, 1.807) is 49.4 Å². The van der Waals surface area contributed by atoms with E-state index < -0.39 is 5.97 Å². The first-order valence-corrected chi connectivity index (χ1v) is 8.87. The van der Waals surface area contributed by atoms with E-state index in [1.165, 1.54) is 12.2 Å². The molecule has 0 radical (unpaired) electrons. The third-order valence-corrected chi connectivity index (χ3v) is 4.25. The van der Waals surface area contributed by atoms with E-state index in [-0.39, 0.29) is 18.3 Å². The largest absolute Gasteiger partial charge is 0.454 e. The van der Waals surface area contributed by atoms with Crippen molar-refractivity contribution in [3.8, 4) is 0 Å². The molecule has 140 valence electrons. The molecule has 0 aliphatic rings. The number of carbonyl (C=O) groups is 3. The van der Waals surface area contributed by atoms with Gasteiger partial charge in [0.25, 0.3) is 0 Å². The minimum absolute atomic E-state index is 0.114. The van der Waals surface area contributed by atoms with E-state index in [2.05, 4.69) is 5.32 Å². The molecule has 0 fully saturated rings. The fraction of sp³-hybridized carbons (Fsp3) is 0.150. The van der Waals surface area contributed by atoms with Gasteiger partial charge in [0, 0.05) is 23.7 Å². The van der Waals surface area contributed by atoms with Gasteiger partial charge in [0.15, 0.2) is 12.4 Å². The number of ether oxygens (including phenoxy) is 1. The Morgan fingerprint density at radius 1 is 1.04 bits per heavy atom. The zero-order valence-corrected chi connectivity index (χ0v) is 16.0. The van der Waals surface area contributed by atoms with Gasteiger partial charge in [-0.3, -0.25) is 9.59 Å². The molecule has 5 nitrogen and oxygen atoms in total. The number of esters is 1. The summed E-state index contributed by atoms with van der Waals surface area (Å²) >= 11 is 11.7. The monoisotopic (exact) mass is 405 g/mol. The molecule has 0 saturated carbocycles. The molecule has 0 heterocycles. The summed E-state index contributed by atoms with van der Waals surface area (Å²) in [6.45, 7) is 1.36. The van der Waals surface area contributed by atoms with Crippen LogP contribution in [0.2, 0.25) is 10.0 Å². The summed E-state index contributed by atoms with van der Waals surface area (Å²) in [4.78, 5) is 35.1. The third kappa shape index (κ3) is 6.55. The third-order valence-electron chi connectivity index (χ3n) is 3.51. The van der Waals surface area contributed by atoms with Gasteiger partial charge in [-0.25, -0.2) is 4.79 Å². The van der Waals surface area contributed by atoms with Crippen molar-refractivity contribution in [3.63, 3.8) is 0 Å². The number of ketones is 1. The minimum Gasteiger partial charge on any atom is -0.454 e. The maximum atomic E-state index is 12.1. The highest BCUT2D eigenvalue weighted by atomic mass is 35.5. The Kier molecular flexibility index (Phi) is 7.58.